The number of nitrogens with zero attached hydrogens (tertiary/aromatic N) is 2. The Morgan fingerprint density at radius 3 is 2.93 bits per heavy atom. The number of fused-ring (bicyclic) bond motifs is 1. The SMILES string of the molecule is CCc1ccc2c(ccn2CCC#N)c1. The molecule has 0 aliphatic carbocycles. The van der Waals surface area contributed by atoms with E-state index in [9.17, 15) is 0 Å². The molecule has 1 heterocycles. The van der Waals surface area contributed by atoms with Crippen molar-refractivity contribution in [3.63, 3.8) is 0 Å². The smallest absolute Gasteiger partial charge is 0.0640 e. The first-order valence-electron chi connectivity index (χ1n) is 5.30. The van der Waals surface area contributed by atoms with E-state index in [1.165, 1.54) is 16.5 Å². The Morgan fingerprint density at radius 1 is 1.33 bits per heavy atom. The van der Waals surface area contributed by atoms with Gasteiger partial charge in [0.2, 0.25) is 0 Å². The van der Waals surface area contributed by atoms with Crippen LogP contribution in [-0.2, 0) is 13.0 Å². The summed E-state index contributed by atoms with van der Waals surface area (Å²) in [6.45, 7) is 2.94. The van der Waals surface area contributed by atoms with Crippen molar-refractivity contribution >= 4 is 10.9 Å². The average molecular weight is 198 g/mol. The second kappa shape index (κ2) is 4.18. The first kappa shape index (κ1) is 9.79. The number of aromatic nitrogens is 1. The highest BCUT2D eigenvalue weighted by Gasteiger charge is 2.00. The summed E-state index contributed by atoms with van der Waals surface area (Å²) in [5.41, 5.74) is 2.59. The van der Waals surface area contributed by atoms with Crippen molar-refractivity contribution < 1.29 is 0 Å². The van der Waals surface area contributed by atoms with Gasteiger partial charge in [-0.25, -0.2) is 0 Å². The van der Waals surface area contributed by atoms with Crippen molar-refractivity contribution in [2.45, 2.75) is 26.3 Å². The van der Waals surface area contributed by atoms with Crippen LogP contribution in [0.25, 0.3) is 10.9 Å². The summed E-state index contributed by atoms with van der Waals surface area (Å²) >= 11 is 0. The monoisotopic (exact) mass is 198 g/mol. The van der Waals surface area contributed by atoms with Gasteiger partial charge >= 0.3 is 0 Å². The molecule has 0 amide bonds. The molecule has 0 spiro atoms. The number of aryl methyl sites for hydroxylation is 2. The van der Waals surface area contributed by atoms with Crippen LogP contribution < -0.4 is 0 Å². The molecule has 0 aliphatic heterocycles. The lowest BCUT2D eigenvalue weighted by Gasteiger charge is -2.02. The van der Waals surface area contributed by atoms with E-state index in [4.69, 9.17) is 5.26 Å². The van der Waals surface area contributed by atoms with Crippen LogP contribution in [0.1, 0.15) is 18.9 Å². The van der Waals surface area contributed by atoms with E-state index >= 15 is 0 Å². The minimum absolute atomic E-state index is 0.569. The molecule has 0 atom stereocenters. The van der Waals surface area contributed by atoms with Gasteiger partial charge in [-0.15, -0.1) is 0 Å². The summed E-state index contributed by atoms with van der Waals surface area (Å²) < 4.78 is 2.14. The molecule has 15 heavy (non-hydrogen) atoms. The second-order valence-electron chi connectivity index (χ2n) is 3.66. The highest BCUT2D eigenvalue weighted by Crippen LogP contribution is 2.18. The van der Waals surface area contributed by atoms with Crippen LogP contribution in [-0.4, -0.2) is 4.57 Å². The first-order valence-corrected chi connectivity index (χ1v) is 5.30. The molecule has 0 unspecified atom stereocenters. The summed E-state index contributed by atoms with van der Waals surface area (Å²) in [6.07, 6.45) is 3.69. The van der Waals surface area contributed by atoms with Gasteiger partial charge in [0.05, 0.1) is 12.5 Å². The van der Waals surface area contributed by atoms with E-state index in [1.807, 2.05) is 0 Å². The van der Waals surface area contributed by atoms with Crippen LogP contribution in [0.4, 0.5) is 0 Å². The lowest BCUT2D eigenvalue weighted by Crippen LogP contribution is -1.94. The van der Waals surface area contributed by atoms with Crippen LogP contribution in [0.2, 0.25) is 0 Å². The van der Waals surface area contributed by atoms with Gasteiger partial charge in [-0.1, -0.05) is 13.0 Å². The van der Waals surface area contributed by atoms with Crippen LogP contribution >= 0.6 is 0 Å². The van der Waals surface area contributed by atoms with E-state index in [-0.39, 0.29) is 0 Å². The summed E-state index contributed by atoms with van der Waals surface area (Å²) in [4.78, 5) is 0. The molecule has 2 heteroatoms. The number of benzene rings is 1. The molecule has 0 aliphatic rings. The predicted molar refractivity (Wildman–Crippen MR) is 61.5 cm³/mol. The van der Waals surface area contributed by atoms with E-state index in [0.717, 1.165) is 13.0 Å². The zero-order chi connectivity index (χ0) is 10.7. The van der Waals surface area contributed by atoms with E-state index in [0.29, 0.717) is 6.42 Å². The van der Waals surface area contributed by atoms with E-state index in [2.05, 4.69) is 48.0 Å². The summed E-state index contributed by atoms with van der Waals surface area (Å²) in [5, 5.41) is 9.83. The fourth-order valence-corrected chi connectivity index (χ4v) is 1.83. The third kappa shape index (κ3) is 1.87. The number of rotatable bonds is 3. The van der Waals surface area contributed by atoms with Crippen molar-refractivity contribution in [3.05, 3.63) is 36.0 Å². The minimum atomic E-state index is 0.569. The molecule has 2 rings (SSSR count). The topological polar surface area (TPSA) is 28.7 Å². The van der Waals surface area contributed by atoms with Crippen LogP contribution in [0.15, 0.2) is 30.5 Å². The third-order valence-corrected chi connectivity index (χ3v) is 2.71. The molecular weight excluding hydrogens is 184 g/mol. The Balaban J connectivity index is 2.39. The molecule has 2 nitrogen and oxygen atoms in total. The number of hydrogen-bond acceptors (Lipinski definition) is 1. The number of hydrogen-bond donors (Lipinski definition) is 0. The molecule has 1 aromatic heterocycles. The van der Waals surface area contributed by atoms with E-state index in [1.54, 1.807) is 0 Å². The van der Waals surface area contributed by atoms with Crippen molar-refractivity contribution in [3.8, 4) is 6.07 Å². The highest BCUT2D eigenvalue weighted by atomic mass is 14.9. The Hall–Kier alpha value is -1.75. The fraction of sp³-hybridized carbons (Fsp3) is 0.308. The molecular formula is C13H14N2. The van der Waals surface area contributed by atoms with Gasteiger partial charge in [0, 0.05) is 18.3 Å². The normalized spacial score (nSPS) is 10.4. The molecule has 1 aromatic carbocycles. The molecule has 0 radical (unpaired) electrons. The zero-order valence-corrected chi connectivity index (χ0v) is 8.90. The summed E-state index contributed by atoms with van der Waals surface area (Å²) in [7, 11) is 0. The summed E-state index contributed by atoms with van der Waals surface area (Å²) in [5.74, 6) is 0. The van der Waals surface area contributed by atoms with Crippen molar-refractivity contribution in [1.82, 2.24) is 4.57 Å². The Kier molecular flexibility index (Phi) is 2.73. The third-order valence-electron chi connectivity index (χ3n) is 2.71. The van der Waals surface area contributed by atoms with Crippen molar-refractivity contribution in [2.24, 2.45) is 0 Å². The Bertz CT molecular complexity index is 503. The fourth-order valence-electron chi connectivity index (χ4n) is 1.83. The van der Waals surface area contributed by atoms with Crippen LogP contribution in [0.5, 0.6) is 0 Å². The minimum Gasteiger partial charge on any atom is -0.346 e. The quantitative estimate of drug-likeness (QED) is 0.744. The average Bonchev–Trinajstić information content (AvgIpc) is 2.68. The van der Waals surface area contributed by atoms with E-state index < -0.39 is 0 Å². The van der Waals surface area contributed by atoms with Crippen molar-refractivity contribution in [1.29, 1.82) is 5.26 Å². The molecule has 0 saturated heterocycles. The molecule has 0 N–H and O–H groups in total. The lowest BCUT2D eigenvalue weighted by atomic mass is 10.1. The van der Waals surface area contributed by atoms with Gasteiger partial charge in [0.1, 0.15) is 0 Å². The van der Waals surface area contributed by atoms with Gasteiger partial charge in [0.15, 0.2) is 0 Å². The largest absolute Gasteiger partial charge is 0.346 e. The number of nitriles is 1. The van der Waals surface area contributed by atoms with Gasteiger partial charge in [-0.2, -0.15) is 5.26 Å². The standard InChI is InChI=1S/C13H14N2/c1-2-11-4-5-13-12(10-11)6-9-15(13)8-3-7-14/h4-6,9-10H,2-3,8H2,1H3. The van der Waals surface area contributed by atoms with Crippen molar-refractivity contribution in [2.75, 3.05) is 0 Å². The Labute approximate surface area is 89.7 Å². The molecule has 76 valence electrons. The molecule has 0 fully saturated rings. The summed E-state index contributed by atoms with van der Waals surface area (Å²) in [6, 6.07) is 10.8. The van der Waals surface area contributed by atoms with Gasteiger partial charge < -0.3 is 4.57 Å². The van der Waals surface area contributed by atoms with Gasteiger partial charge in [0.25, 0.3) is 0 Å². The highest BCUT2D eigenvalue weighted by molar-refractivity contribution is 5.80. The maximum atomic E-state index is 8.56. The maximum absolute atomic E-state index is 8.56. The first-order chi connectivity index (χ1) is 7.35. The van der Waals surface area contributed by atoms with Gasteiger partial charge in [-0.3, -0.25) is 0 Å². The molecule has 2 aromatic rings. The van der Waals surface area contributed by atoms with Crippen LogP contribution in [0.3, 0.4) is 0 Å². The van der Waals surface area contributed by atoms with Gasteiger partial charge in [-0.05, 0) is 35.6 Å². The Morgan fingerprint density at radius 2 is 2.20 bits per heavy atom. The predicted octanol–water partition coefficient (Wildman–Crippen LogP) is 3.12. The second-order valence-corrected chi connectivity index (χ2v) is 3.66. The maximum Gasteiger partial charge on any atom is 0.0640 e. The lowest BCUT2D eigenvalue weighted by molar-refractivity contribution is 0.744. The van der Waals surface area contributed by atoms with Crippen LogP contribution in [0, 0.1) is 11.3 Å². The zero-order valence-electron chi connectivity index (χ0n) is 8.90. The molecule has 0 bridgehead atoms. The molecule has 0 saturated carbocycles.